The molecule has 0 aliphatic heterocycles. The molecule has 1 N–H and O–H groups in total. The number of benzene rings is 1. The average molecular weight is 447 g/mol. The first kappa shape index (κ1) is 15.3. The predicted octanol–water partition coefficient (Wildman–Crippen LogP) is 4.76. The Balaban J connectivity index is 1.80. The van der Waals surface area contributed by atoms with Gasteiger partial charge in [-0.1, -0.05) is 32.6 Å². The second-order valence-electron chi connectivity index (χ2n) is 4.09. The Kier molecular flexibility index (Phi) is 4.32. The van der Waals surface area contributed by atoms with Gasteiger partial charge in [-0.05, 0) is 46.3 Å². The number of nitrogens with one attached hydrogen (secondary N) is 1. The van der Waals surface area contributed by atoms with Crippen molar-refractivity contribution in [2.45, 2.75) is 0 Å². The summed E-state index contributed by atoms with van der Waals surface area (Å²) in [5.41, 5.74) is 0.288. The minimum atomic E-state index is -0.456. The zero-order valence-electron chi connectivity index (χ0n) is 10.6. The number of rotatable bonds is 3. The van der Waals surface area contributed by atoms with Crippen LogP contribution >= 0.6 is 43.5 Å². The van der Waals surface area contributed by atoms with E-state index in [4.69, 9.17) is 20.4 Å². The highest BCUT2D eigenvalue weighted by Gasteiger charge is 2.16. The van der Waals surface area contributed by atoms with E-state index in [9.17, 15) is 4.79 Å². The number of hydrogen-bond donors (Lipinski definition) is 1. The summed E-state index contributed by atoms with van der Waals surface area (Å²) in [4.78, 5) is 12.2. The van der Waals surface area contributed by atoms with E-state index in [0.717, 1.165) is 4.47 Å². The molecule has 112 valence electrons. The largest absolute Gasteiger partial charge is 0.444 e. The lowest BCUT2D eigenvalue weighted by molar-refractivity contribution is 0.102. The zero-order valence-corrected chi connectivity index (χ0v) is 14.6. The molecule has 0 radical (unpaired) electrons. The molecule has 0 unspecified atom stereocenters. The maximum absolute atomic E-state index is 12.2. The predicted molar refractivity (Wildman–Crippen MR) is 86.8 cm³/mol. The van der Waals surface area contributed by atoms with E-state index in [1.54, 1.807) is 30.3 Å². The third-order valence-corrected chi connectivity index (χ3v) is 3.85. The van der Waals surface area contributed by atoms with Crippen LogP contribution in [-0.4, -0.2) is 16.1 Å². The standard InChI is InChI=1S/C13H6Br2ClN3O3/c14-6-1-2-8(16)7(5-6)11(20)17-13-19-18-12(22-13)9-3-4-10(15)21-9/h1-5H,(H,17,19,20). The smallest absolute Gasteiger partial charge is 0.322 e. The van der Waals surface area contributed by atoms with Gasteiger partial charge in [0, 0.05) is 4.47 Å². The van der Waals surface area contributed by atoms with Crippen LogP contribution in [0, 0.1) is 0 Å². The maximum atomic E-state index is 12.2. The number of anilines is 1. The second kappa shape index (κ2) is 6.23. The molecule has 3 aromatic rings. The summed E-state index contributed by atoms with van der Waals surface area (Å²) in [7, 11) is 0. The minimum Gasteiger partial charge on any atom is -0.444 e. The topological polar surface area (TPSA) is 81.2 Å². The Bertz CT molecular complexity index is 847. The van der Waals surface area contributed by atoms with E-state index in [2.05, 4.69) is 47.4 Å². The summed E-state index contributed by atoms with van der Waals surface area (Å²) >= 11 is 12.4. The SMILES string of the molecule is O=C(Nc1nnc(-c2ccc(Br)o2)o1)c1cc(Br)ccc1Cl. The molecule has 0 saturated heterocycles. The van der Waals surface area contributed by atoms with Gasteiger partial charge in [-0.3, -0.25) is 10.1 Å². The summed E-state index contributed by atoms with van der Waals surface area (Å²) in [5.74, 6) is 0.0869. The van der Waals surface area contributed by atoms with Crippen LogP contribution in [0.25, 0.3) is 11.7 Å². The van der Waals surface area contributed by atoms with Crippen LogP contribution in [-0.2, 0) is 0 Å². The molecule has 0 bridgehead atoms. The molecular weight excluding hydrogens is 441 g/mol. The van der Waals surface area contributed by atoms with Crippen molar-refractivity contribution in [3.05, 3.63) is 50.1 Å². The van der Waals surface area contributed by atoms with Crippen molar-refractivity contribution in [3.63, 3.8) is 0 Å². The molecule has 1 amide bonds. The van der Waals surface area contributed by atoms with Crippen LogP contribution in [0.5, 0.6) is 0 Å². The van der Waals surface area contributed by atoms with Crippen molar-refractivity contribution in [1.82, 2.24) is 10.2 Å². The van der Waals surface area contributed by atoms with Crippen molar-refractivity contribution in [1.29, 1.82) is 0 Å². The van der Waals surface area contributed by atoms with Gasteiger partial charge in [-0.2, -0.15) is 0 Å². The molecule has 0 spiro atoms. The number of aromatic nitrogens is 2. The number of nitrogens with zero attached hydrogens (tertiary/aromatic N) is 2. The van der Waals surface area contributed by atoms with Gasteiger partial charge in [0.25, 0.3) is 11.8 Å². The van der Waals surface area contributed by atoms with Gasteiger partial charge in [-0.25, -0.2) is 0 Å². The number of carbonyl (C=O) groups excluding carboxylic acids is 1. The molecule has 2 heterocycles. The zero-order chi connectivity index (χ0) is 15.7. The van der Waals surface area contributed by atoms with E-state index in [1.165, 1.54) is 0 Å². The summed E-state index contributed by atoms with van der Waals surface area (Å²) in [6.45, 7) is 0. The van der Waals surface area contributed by atoms with E-state index >= 15 is 0 Å². The highest BCUT2D eigenvalue weighted by molar-refractivity contribution is 9.10. The number of carbonyl (C=O) groups is 1. The van der Waals surface area contributed by atoms with Crippen molar-refractivity contribution in [3.8, 4) is 11.7 Å². The van der Waals surface area contributed by atoms with Crippen LogP contribution < -0.4 is 5.32 Å². The third-order valence-electron chi connectivity index (χ3n) is 2.60. The lowest BCUT2D eigenvalue weighted by Gasteiger charge is -2.03. The quantitative estimate of drug-likeness (QED) is 0.626. The molecule has 0 fully saturated rings. The van der Waals surface area contributed by atoms with Crippen LogP contribution in [0.4, 0.5) is 6.01 Å². The van der Waals surface area contributed by atoms with Crippen molar-refractivity contribution in [2.24, 2.45) is 0 Å². The van der Waals surface area contributed by atoms with E-state index in [-0.39, 0.29) is 17.5 Å². The summed E-state index contributed by atoms with van der Waals surface area (Å²) < 4.78 is 11.9. The summed E-state index contributed by atoms with van der Waals surface area (Å²) in [6, 6.07) is 8.24. The number of halogens is 3. The molecule has 22 heavy (non-hydrogen) atoms. The fourth-order valence-electron chi connectivity index (χ4n) is 1.64. The van der Waals surface area contributed by atoms with Crippen molar-refractivity contribution < 1.29 is 13.6 Å². The first-order chi connectivity index (χ1) is 10.5. The van der Waals surface area contributed by atoms with Gasteiger partial charge < -0.3 is 8.83 Å². The molecule has 1 aromatic carbocycles. The van der Waals surface area contributed by atoms with Crippen molar-refractivity contribution >= 4 is 55.4 Å². The highest BCUT2D eigenvalue weighted by atomic mass is 79.9. The molecule has 3 rings (SSSR count). The molecule has 6 nitrogen and oxygen atoms in total. The Hall–Kier alpha value is -1.64. The lowest BCUT2D eigenvalue weighted by atomic mass is 10.2. The van der Waals surface area contributed by atoms with Crippen molar-refractivity contribution in [2.75, 3.05) is 5.32 Å². The van der Waals surface area contributed by atoms with Gasteiger partial charge in [0.05, 0.1) is 10.6 Å². The summed E-state index contributed by atoms with van der Waals surface area (Å²) in [5, 5.41) is 10.3. The maximum Gasteiger partial charge on any atom is 0.322 e. The van der Waals surface area contributed by atoms with Crippen LogP contribution in [0.15, 0.2) is 48.3 Å². The van der Waals surface area contributed by atoms with Gasteiger partial charge in [0.1, 0.15) is 0 Å². The minimum absolute atomic E-state index is 0.0523. The molecule has 2 aromatic heterocycles. The molecular formula is C13H6Br2ClN3O3. The monoisotopic (exact) mass is 445 g/mol. The van der Waals surface area contributed by atoms with E-state index in [1.807, 2.05) is 0 Å². The molecule has 0 saturated carbocycles. The first-order valence-electron chi connectivity index (χ1n) is 5.88. The number of furan rings is 1. The Labute approximate surface area is 146 Å². The molecule has 9 heteroatoms. The van der Waals surface area contributed by atoms with Gasteiger partial charge in [0.2, 0.25) is 0 Å². The molecule has 0 aliphatic rings. The second-order valence-corrected chi connectivity index (χ2v) is 6.20. The van der Waals surface area contributed by atoms with Crippen LogP contribution in [0.3, 0.4) is 0 Å². The normalized spacial score (nSPS) is 10.7. The lowest BCUT2D eigenvalue weighted by Crippen LogP contribution is -2.12. The fraction of sp³-hybridized carbons (Fsp3) is 0. The number of hydrogen-bond acceptors (Lipinski definition) is 5. The average Bonchev–Trinajstić information content (AvgIpc) is 3.10. The van der Waals surface area contributed by atoms with Crippen LogP contribution in [0.1, 0.15) is 10.4 Å². The third kappa shape index (κ3) is 3.23. The Morgan fingerprint density at radius 2 is 1.95 bits per heavy atom. The first-order valence-corrected chi connectivity index (χ1v) is 7.85. The van der Waals surface area contributed by atoms with E-state index < -0.39 is 5.91 Å². The molecule has 0 aliphatic carbocycles. The molecule has 0 atom stereocenters. The highest BCUT2D eigenvalue weighted by Crippen LogP contribution is 2.26. The number of amides is 1. The fourth-order valence-corrected chi connectivity index (χ4v) is 2.51. The summed E-state index contributed by atoms with van der Waals surface area (Å²) in [6.07, 6.45) is 0. The van der Waals surface area contributed by atoms with Crippen LogP contribution in [0.2, 0.25) is 5.02 Å². The van der Waals surface area contributed by atoms with Gasteiger partial charge >= 0.3 is 6.01 Å². The van der Waals surface area contributed by atoms with Gasteiger partial charge in [-0.15, -0.1) is 5.10 Å². The Morgan fingerprint density at radius 1 is 1.14 bits per heavy atom. The Morgan fingerprint density at radius 3 is 2.68 bits per heavy atom. The van der Waals surface area contributed by atoms with E-state index in [0.29, 0.717) is 15.5 Å². The van der Waals surface area contributed by atoms with Gasteiger partial charge in [0.15, 0.2) is 10.4 Å².